The Balaban J connectivity index is 2.17. The van der Waals surface area contributed by atoms with Crippen molar-refractivity contribution in [1.82, 2.24) is 4.90 Å². The molecule has 0 aromatic heterocycles. The van der Waals surface area contributed by atoms with Crippen molar-refractivity contribution in [2.24, 2.45) is 5.92 Å². The van der Waals surface area contributed by atoms with E-state index in [9.17, 15) is 0 Å². The van der Waals surface area contributed by atoms with Crippen LogP contribution < -0.4 is 0 Å². The molecule has 1 nitrogen and oxygen atoms in total. The fraction of sp³-hybridized carbons (Fsp3) is 1.00. The molecular weight excluding hydrogens is 146 g/mol. The van der Waals surface area contributed by atoms with Crippen molar-refractivity contribution < 1.29 is 0 Å². The minimum absolute atomic E-state index is 0.796. The second-order valence-electron chi connectivity index (χ2n) is 3.03. The number of alkyl halides is 1. The minimum Gasteiger partial charge on any atom is -0.304 e. The summed E-state index contributed by atoms with van der Waals surface area (Å²) in [6, 6.07) is 0. The molecule has 0 aliphatic carbocycles. The maximum atomic E-state index is 5.75. The Morgan fingerprint density at radius 1 is 1.40 bits per heavy atom. The van der Waals surface area contributed by atoms with Gasteiger partial charge in [-0.15, -0.1) is 11.6 Å². The van der Waals surface area contributed by atoms with Crippen molar-refractivity contribution in [1.29, 1.82) is 0 Å². The Morgan fingerprint density at radius 2 is 2.00 bits per heavy atom. The van der Waals surface area contributed by atoms with Crippen molar-refractivity contribution >= 4 is 11.6 Å². The lowest BCUT2D eigenvalue weighted by Gasteiger charge is -2.29. The highest BCUT2D eigenvalue weighted by molar-refractivity contribution is 6.18. The van der Waals surface area contributed by atoms with Gasteiger partial charge in [0.05, 0.1) is 0 Å². The third-order valence-corrected chi connectivity index (χ3v) is 2.81. The van der Waals surface area contributed by atoms with Gasteiger partial charge in [0, 0.05) is 5.88 Å². The number of nitrogens with zero attached hydrogens (tertiary/aromatic N) is 1. The van der Waals surface area contributed by atoms with Crippen LogP contribution in [0.2, 0.25) is 0 Å². The first-order valence-corrected chi connectivity index (χ1v) is 4.68. The summed E-state index contributed by atoms with van der Waals surface area (Å²) in [4.78, 5) is 2.49. The Morgan fingerprint density at radius 3 is 2.40 bits per heavy atom. The minimum atomic E-state index is 0.796. The normalized spacial score (nSPS) is 23.4. The third-order valence-electron chi connectivity index (χ3n) is 2.37. The van der Waals surface area contributed by atoms with Gasteiger partial charge in [0.15, 0.2) is 0 Å². The van der Waals surface area contributed by atoms with Gasteiger partial charge in [-0.25, -0.2) is 0 Å². The highest BCUT2D eigenvalue weighted by atomic mass is 35.5. The van der Waals surface area contributed by atoms with Gasteiger partial charge in [-0.2, -0.15) is 0 Å². The van der Waals surface area contributed by atoms with Crippen molar-refractivity contribution in [2.45, 2.75) is 19.8 Å². The lowest BCUT2D eigenvalue weighted by molar-refractivity contribution is 0.202. The average Bonchev–Trinajstić information content (AvgIpc) is 2.05. The maximum Gasteiger partial charge on any atom is 0.0252 e. The number of rotatable bonds is 2. The molecule has 0 aromatic carbocycles. The van der Waals surface area contributed by atoms with Gasteiger partial charge in [0.2, 0.25) is 0 Å². The molecule has 0 spiro atoms. The SMILES string of the molecule is CCN1CCC(CCl)CC1. The number of hydrogen-bond donors (Lipinski definition) is 0. The average molecular weight is 162 g/mol. The fourth-order valence-electron chi connectivity index (χ4n) is 1.46. The van der Waals surface area contributed by atoms with Crippen LogP contribution in [0.3, 0.4) is 0 Å². The Labute approximate surface area is 68.4 Å². The third kappa shape index (κ3) is 2.14. The van der Waals surface area contributed by atoms with E-state index in [1.54, 1.807) is 0 Å². The molecule has 10 heavy (non-hydrogen) atoms. The van der Waals surface area contributed by atoms with Crippen LogP contribution in [0, 0.1) is 5.92 Å². The van der Waals surface area contributed by atoms with E-state index in [-0.39, 0.29) is 0 Å². The molecule has 1 fully saturated rings. The molecule has 0 saturated carbocycles. The smallest absolute Gasteiger partial charge is 0.0252 e. The largest absolute Gasteiger partial charge is 0.304 e. The van der Waals surface area contributed by atoms with Crippen LogP contribution >= 0.6 is 11.6 Å². The van der Waals surface area contributed by atoms with Crippen LogP contribution in [0.25, 0.3) is 0 Å². The van der Waals surface area contributed by atoms with Gasteiger partial charge >= 0.3 is 0 Å². The predicted molar refractivity (Wildman–Crippen MR) is 45.6 cm³/mol. The number of likely N-dealkylation sites (tertiary alicyclic amines) is 1. The zero-order chi connectivity index (χ0) is 7.40. The molecule has 60 valence electrons. The summed E-state index contributed by atoms with van der Waals surface area (Å²) in [6.07, 6.45) is 2.61. The molecule has 1 aliphatic rings. The summed E-state index contributed by atoms with van der Waals surface area (Å²) in [5.41, 5.74) is 0. The molecule has 1 aliphatic heterocycles. The first-order chi connectivity index (χ1) is 4.86. The standard InChI is InChI=1S/C8H16ClN/c1-2-10-5-3-8(7-9)4-6-10/h8H,2-7H2,1H3. The van der Waals surface area contributed by atoms with E-state index in [2.05, 4.69) is 11.8 Å². The van der Waals surface area contributed by atoms with E-state index < -0.39 is 0 Å². The van der Waals surface area contributed by atoms with Crippen molar-refractivity contribution in [3.63, 3.8) is 0 Å². The summed E-state index contributed by atoms with van der Waals surface area (Å²) in [5.74, 6) is 1.65. The second kappa shape index (κ2) is 4.20. The molecule has 0 N–H and O–H groups in total. The van der Waals surface area contributed by atoms with E-state index in [1.165, 1.54) is 32.5 Å². The molecule has 1 heterocycles. The van der Waals surface area contributed by atoms with Crippen molar-refractivity contribution in [2.75, 3.05) is 25.5 Å². The van der Waals surface area contributed by atoms with Crippen molar-refractivity contribution in [3.8, 4) is 0 Å². The van der Waals surface area contributed by atoms with Gasteiger partial charge in [0.1, 0.15) is 0 Å². The quantitative estimate of drug-likeness (QED) is 0.560. The van der Waals surface area contributed by atoms with E-state index in [4.69, 9.17) is 11.6 Å². The van der Waals surface area contributed by atoms with Gasteiger partial charge < -0.3 is 4.90 Å². The van der Waals surface area contributed by atoms with Crippen LogP contribution in [0.15, 0.2) is 0 Å². The molecule has 0 atom stereocenters. The Hall–Kier alpha value is 0.250. The summed E-state index contributed by atoms with van der Waals surface area (Å²) >= 11 is 5.75. The van der Waals surface area contributed by atoms with Crippen LogP contribution in [0.5, 0.6) is 0 Å². The monoisotopic (exact) mass is 161 g/mol. The van der Waals surface area contributed by atoms with E-state index >= 15 is 0 Å². The fourth-order valence-corrected chi connectivity index (χ4v) is 1.77. The Kier molecular flexibility index (Phi) is 3.50. The number of piperidine rings is 1. The summed E-state index contributed by atoms with van der Waals surface area (Å²) in [6.45, 7) is 5.94. The zero-order valence-corrected chi connectivity index (χ0v) is 7.40. The van der Waals surface area contributed by atoms with E-state index in [0.29, 0.717) is 0 Å². The topological polar surface area (TPSA) is 3.24 Å². The van der Waals surface area contributed by atoms with Crippen molar-refractivity contribution in [3.05, 3.63) is 0 Å². The maximum absolute atomic E-state index is 5.75. The van der Waals surface area contributed by atoms with Gasteiger partial charge in [-0.1, -0.05) is 6.92 Å². The van der Waals surface area contributed by atoms with Gasteiger partial charge in [-0.05, 0) is 38.4 Å². The summed E-state index contributed by atoms with van der Waals surface area (Å²) < 4.78 is 0. The predicted octanol–water partition coefficient (Wildman–Crippen LogP) is 1.96. The van der Waals surface area contributed by atoms with Crippen LogP contribution in [-0.2, 0) is 0 Å². The molecular formula is C8H16ClN. The highest BCUT2D eigenvalue weighted by Crippen LogP contribution is 2.17. The van der Waals surface area contributed by atoms with Crippen LogP contribution in [0.4, 0.5) is 0 Å². The summed E-state index contributed by atoms with van der Waals surface area (Å²) in [7, 11) is 0. The molecule has 2 heteroatoms. The van der Waals surface area contributed by atoms with Gasteiger partial charge in [-0.3, -0.25) is 0 Å². The molecule has 0 unspecified atom stereocenters. The Bertz CT molecular complexity index is 75.3. The van der Waals surface area contributed by atoms with E-state index in [1.807, 2.05) is 0 Å². The molecule has 1 rings (SSSR count). The van der Waals surface area contributed by atoms with E-state index in [0.717, 1.165) is 11.8 Å². The lowest BCUT2D eigenvalue weighted by atomic mass is 9.99. The first-order valence-electron chi connectivity index (χ1n) is 4.15. The first kappa shape index (κ1) is 8.35. The second-order valence-corrected chi connectivity index (χ2v) is 3.34. The molecule has 0 amide bonds. The van der Waals surface area contributed by atoms with Crippen LogP contribution in [-0.4, -0.2) is 30.4 Å². The molecule has 0 aromatic rings. The zero-order valence-electron chi connectivity index (χ0n) is 6.65. The number of halogens is 1. The molecule has 0 bridgehead atoms. The lowest BCUT2D eigenvalue weighted by Crippen LogP contribution is -2.33. The summed E-state index contributed by atoms with van der Waals surface area (Å²) in [5, 5.41) is 0. The number of hydrogen-bond acceptors (Lipinski definition) is 1. The molecule has 0 radical (unpaired) electrons. The van der Waals surface area contributed by atoms with Gasteiger partial charge in [0.25, 0.3) is 0 Å². The molecule has 1 saturated heterocycles. The highest BCUT2D eigenvalue weighted by Gasteiger charge is 2.16. The van der Waals surface area contributed by atoms with Crippen LogP contribution in [0.1, 0.15) is 19.8 Å².